The van der Waals surface area contributed by atoms with Gasteiger partial charge in [0.25, 0.3) is 0 Å². The monoisotopic (exact) mass is 456 g/mol. The van der Waals surface area contributed by atoms with Crippen LogP contribution in [0.1, 0.15) is 59.8 Å². The number of aliphatic hydroxyl groups excluding tert-OH is 1. The largest absolute Gasteiger partial charge is 0.463 e. The maximum absolute atomic E-state index is 12.5. The Morgan fingerprint density at radius 3 is 1.97 bits per heavy atom. The Morgan fingerprint density at radius 2 is 1.44 bits per heavy atom. The Hall–Kier alpha value is -2.42. The van der Waals surface area contributed by atoms with Crippen LogP contribution in [0.4, 0.5) is 0 Å². The minimum absolute atomic E-state index is 0.0507. The van der Waals surface area contributed by atoms with Crippen molar-refractivity contribution < 1.29 is 43.2 Å². The Labute approximate surface area is 189 Å². The highest BCUT2D eigenvalue weighted by Crippen LogP contribution is 2.32. The zero-order chi connectivity index (χ0) is 24.3. The molecule has 0 spiro atoms. The predicted octanol–water partition coefficient (Wildman–Crippen LogP) is 2.34. The van der Waals surface area contributed by atoms with E-state index in [4.69, 9.17) is 18.9 Å². The highest BCUT2D eigenvalue weighted by molar-refractivity contribution is 5.87. The molecule has 0 aromatic heterocycles. The fourth-order valence-corrected chi connectivity index (χ4v) is 3.05. The lowest BCUT2D eigenvalue weighted by Gasteiger charge is -2.28. The molecule has 1 aliphatic rings. The molecule has 0 radical (unpaired) electrons. The van der Waals surface area contributed by atoms with E-state index >= 15 is 0 Å². The highest BCUT2D eigenvalue weighted by atomic mass is 16.6. The smallest absolute Gasteiger partial charge is 0.333 e. The van der Waals surface area contributed by atoms with Crippen molar-refractivity contribution in [2.45, 2.75) is 65.9 Å². The van der Waals surface area contributed by atoms with Crippen LogP contribution in [0.5, 0.6) is 0 Å². The number of carbonyl (C=O) groups excluding carboxylic acids is 4. The van der Waals surface area contributed by atoms with Crippen LogP contribution in [0.2, 0.25) is 0 Å². The summed E-state index contributed by atoms with van der Waals surface area (Å²) in [7, 11) is 0. The van der Waals surface area contributed by atoms with Gasteiger partial charge in [-0.1, -0.05) is 26.3 Å². The summed E-state index contributed by atoms with van der Waals surface area (Å²) >= 11 is 0. The molecule has 3 atom stereocenters. The minimum atomic E-state index is -1.18. The molecule has 0 bridgehead atoms. The molecule has 0 heterocycles. The van der Waals surface area contributed by atoms with Crippen LogP contribution in [0.25, 0.3) is 0 Å². The van der Waals surface area contributed by atoms with Crippen molar-refractivity contribution in [1.29, 1.82) is 0 Å². The maximum atomic E-state index is 12.5. The number of aliphatic hydroxyl groups is 1. The molecule has 1 fully saturated rings. The van der Waals surface area contributed by atoms with E-state index in [1.807, 2.05) is 6.92 Å². The van der Waals surface area contributed by atoms with Crippen LogP contribution >= 0.6 is 0 Å². The van der Waals surface area contributed by atoms with Gasteiger partial charge in [0, 0.05) is 5.57 Å². The summed E-state index contributed by atoms with van der Waals surface area (Å²) in [4.78, 5) is 48.3. The second-order valence-electron chi connectivity index (χ2n) is 8.70. The first-order valence-corrected chi connectivity index (χ1v) is 11.0. The second-order valence-corrected chi connectivity index (χ2v) is 8.70. The fraction of sp³-hybridized carbons (Fsp3) is 0.739. The van der Waals surface area contributed by atoms with Crippen molar-refractivity contribution in [2.75, 3.05) is 26.4 Å². The molecule has 1 aliphatic carbocycles. The molecule has 32 heavy (non-hydrogen) atoms. The lowest BCUT2D eigenvalue weighted by atomic mass is 9.79. The minimum Gasteiger partial charge on any atom is -0.463 e. The van der Waals surface area contributed by atoms with Gasteiger partial charge in [-0.2, -0.15) is 0 Å². The zero-order valence-electron chi connectivity index (χ0n) is 19.5. The zero-order valence-corrected chi connectivity index (χ0v) is 19.5. The van der Waals surface area contributed by atoms with Gasteiger partial charge in [-0.3, -0.25) is 14.4 Å². The third-order valence-electron chi connectivity index (χ3n) is 5.54. The first kappa shape index (κ1) is 27.6. The Morgan fingerprint density at radius 1 is 0.938 bits per heavy atom. The molecular formula is C23H36O9. The van der Waals surface area contributed by atoms with Gasteiger partial charge in [0.05, 0.1) is 17.3 Å². The van der Waals surface area contributed by atoms with Crippen molar-refractivity contribution in [3.05, 3.63) is 12.2 Å². The van der Waals surface area contributed by atoms with E-state index < -0.39 is 41.3 Å². The molecule has 1 N–H and O–H groups in total. The normalized spacial score (nSPS) is 19.4. The average molecular weight is 457 g/mol. The third kappa shape index (κ3) is 8.98. The molecule has 0 amide bonds. The highest BCUT2D eigenvalue weighted by Gasteiger charge is 2.38. The topological polar surface area (TPSA) is 125 Å². The van der Waals surface area contributed by atoms with E-state index in [0.29, 0.717) is 19.3 Å². The van der Waals surface area contributed by atoms with Gasteiger partial charge < -0.3 is 24.1 Å². The van der Waals surface area contributed by atoms with Crippen LogP contribution in [0, 0.1) is 17.3 Å². The number of hydrogen-bond donors (Lipinski definition) is 1. The Bertz CT molecular complexity index is 683. The van der Waals surface area contributed by atoms with E-state index in [-0.39, 0.29) is 38.0 Å². The fourth-order valence-electron chi connectivity index (χ4n) is 3.05. The molecule has 3 unspecified atom stereocenters. The van der Waals surface area contributed by atoms with Crippen LogP contribution in [-0.2, 0) is 38.1 Å². The number of hydrogen-bond acceptors (Lipinski definition) is 9. The Balaban J connectivity index is 2.46. The molecule has 0 aliphatic heterocycles. The number of ether oxygens (including phenoxy) is 4. The van der Waals surface area contributed by atoms with Gasteiger partial charge in [-0.15, -0.1) is 0 Å². The first-order valence-electron chi connectivity index (χ1n) is 11.0. The van der Waals surface area contributed by atoms with E-state index in [0.717, 1.165) is 12.8 Å². The van der Waals surface area contributed by atoms with Crippen LogP contribution in [0.3, 0.4) is 0 Å². The van der Waals surface area contributed by atoms with Gasteiger partial charge in [0.2, 0.25) is 0 Å². The van der Waals surface area contributed by atoms with E-state index in [1.165, 1.54) is 6.92 Å². The summed E-state index contributed by atoms with van der Waals surface area (Å²) in [5.74, 6) is -3.47. The van der Waals surface area contributed by atoms with Gasteiger partial charge in [0.15, 0.2) is 0 Å². The molecule has 1 saturated carbocycles. The summed E-state index contributed by atoms with van der Waals surface area (Å²) < 4.78 is 20.3. The van der Waals surface area contributed by atoms with Crippen molar-refractivity contribution in [1.82, 2.24) is 0 Å². The third-order valence-corrected chi connectivity index (χ3v) is 5.54. The quantitative estimate of drug-likeness (QED) is 0.204. The second kappa shape index (κ2) is 13.2. The van der Waals surface area contributed by atoms with Gasteiger partial charge >= 0.3 is 23.9 Å². The SMILES string of the molecule is C=C(C)C(=O)OCC(O)COC(=O)C1CCCCC1C(=O)OCCOC(=O)C(C)(C)CC. The molecule has 0 aromatic rings. The standard InChI is InChI=1S/C23H36O9/c1-6-23(4,5)22(28)30-12-11-29-20(26)17-9-7-8-10-18(17)21(27)32-14-16(24)13-31-19(25)15(2)3/h16-18,24H,2,6-14H2,1,3-5H3. The van der Waals surface area contributed by atoms with Crippen molar-refractivity contribution in [2.24, 2.45) is 17.3 Å². The summed E-state index contributed by atoms with van der Waals surface area (Å²) in [6, 6.07) is 0. The van der Waals surface area contributed by atoms with E-state index in [1.54, 1.807) is 13.8 Å². The van der Waals surface area contributed by atoms with Gasteiger partial charge in [0.1, 0.15) is 32.5 Å². The average Bonchev–Trinajstić information content (AvgIpc) is 2.77. The van der Waals surface area contributed by atoms with Crippen molar-refractivity contribution in [3.63, 3.8) is 0 Å². The summed E-state index contributed by atoms with van der Waals surface area (Å²) in [6.07, 6.45) is 1.95. The molecule has 9 heteroatoms. The summed E-state index contributed by atoms with van der Waals surface area (Å²) in [5.41, 5.74) is -0.406. The maximum Gasteiger partial charge on any atom is 0.333 e. The number of rotatable bonds is 12. The lowest BCUT2D eigenvalue weighted by Crippen LogP contribution is -2.37. The van der Waals surface area contributed by atoms with Crippen molar-refractivity contribution >= 4 is 23.9 Å². The predicted molar refractivity (Wildman–Crippen MR) is 114 cm³/mol. The van der Waals surface area contributed by atoms with Crippen LogP contribution in [-0.4, -0.2) is 61.5 Å². The molecule has 182 valence electrons. The molecular weight excluding hydrogens is 420 g/mol. The molecule has 1 rings (SSSR count). The number of carbonyl (C=O) groups is 4. The van der Waals surface area contributed by atoms with E-state index in [9.17, 15) is 24.3 Å². The molecule has 0 saturated heterocycles. The van der Waals surface area contributed by atoms with Crippen LogP contribution in [0.15, 0.2) is 12.2 Å². The van der Waals surface area contributed by atoms with Gasteiger partial charge in [-0.05, 0) is 40.0 Å². The summed E-state index contributed by atoms with van der Waals surface area (Å²) in [5, 5.41) is 9.85. The summed E-state index contributed by atoms with van der Waals surface area (Å²) in [6.45, 7) is 9.53. The first-order chi connectivity index (χ1) is 15.0. The van der Waals surface area contributed by atoms with Crippen LogP contribution < -0.4 is 0 Å². The molecule has 0 aromatic carbocycles. The Kier molecular flexibility index (Phi) is 11.4. The lowest BCUT2D eigenvalue weighted by molar-refractivity contribution is -0.167. The van der Waals surface area contributed by atoms with Gasteiger partial charge in [-0.25, -0.2) is 4.79 Å². The van der Waals surface area contributed by atoms with E-state index in [2.05, 4.69) is 6.58 Å². The number of esters is 4. The molecule has 9 nitrogen and oxygen atoms in total. The van der Waals surface area contributed by atoms with Crippen molar-refractivity contribution in [3.8, 4) is 0 Å².